The van der Waals surface area contributed by atoms with Crippen molar-refractivity contribution >= 4 is 17.9 Å². The van der Waals surface area contributed by atoms with Crippen LogP contribution >= 0.6 is 0 Å². The Morgan fingerprint density at radius 1 is 0.357 bits per heavy atom. The molecule has 0 aromatic rings. The van der Waals surface area contributed by atoms with Gasteiger partial charge < -0.3 is 14.2 Å². The van der Waals surface area contributed by atoms with E-state index in [-0.39, 0.29) is 31.1 Å². The molecule has 0 aromatic heterocycles. The standard InChI is InChI=1S/C50H90O6/c1-4-7-10-13-16-18-20-21-22-23-24-25-26-27-28-29-30-32-34-37-40-43-49(52)55-46-47(45-54-48(51)42-39-36-33-15-12-9-6-3)56-50(53)44-41-38-35-31-19-17-14-11-8-5-2/h11,14,20-21,23-24,47H,4-10,12-13,15-19,22,25-46H2,1-3H3/b14-11-,21-20-,24-23-. The Morgan fingerprint density at radius 2 is 0.679 bits per heavy atom. The van der Waals surface area contributed by atoms with E-state index < -0.39 is 6.10 Å². The smallest absolute Gasteiger partial charge is 0.306 e. The maximum absolute atomic E-state index is 12.7. The molecule has 0 rings (SSSR count). The van der Waals surface area contributed by atoms with Crippen molar-refractivity contribution in [3.05, 3.63) is 36.5 Å². The summed E-state index contributed by atoms with van der Waals surface area (Å²) in [5.74, 6) is -0.895. The molecule has 0 amide bonds. The van der Waals surface area contributed by atoms with Crippen molar-refractivity contribution in [3.63, 3.8) is 0 Å². The molecule has 1 unspecified atom stereocenters. The first kappa shape index (κ1) is 53.6. The predicted molar refractivity (Wildman–Crippen MR) is 238 cm³/mol. The normalized spacial score (nSPS) is 12.3. The van der Waals surface area contributed by atoms with E-state index >= 15 is 0 Å². The van der Waals surface area contributed by atoms with Crippen LogP contribution in [-0.4, -0.2) is 37.2 Å². The Hall–Kier alpha value is -2.37. The van der Waals surface area contributed by atoms with Gasteiger partial charge in [-0.2, -0.15) is 0 Å². The van der Waals surface area contributed by atoms with Gasteiger partial charge >= 0.3 is 17.9 Å². The van der Waals surface area contributed by atoms with Gasteiger partial charge in [0.25, 0.3) is 0 Å². The first-order valence-corrected chi connectivity index (χ1v) is 24.0. The van der Waals surface area contributed by atoms with E-state index in [2.05, 4.69) is 57.2 Å². The predicted octanol–water partition coefficient (Wildman–Crippen LogP) is 15.4. The molecule has 6 heteroatoms. The maximum atomic E-state index is 12.7. The number of hydrogen-bond acceptors (Lipinski definition) is 6. The first-order chi connectivity index (χ1) is 27.5. The number of rotatable bonds is 43. The van der Waals surface area contributed by atoms with E-state index in [1.807, 2.05) is 0 Å². The Labute approximate surface area is 346 Å². The summed E-state index contributed by atoms with van der Waals surface area (Å²) in [6.45, 7) is 6.51. The second-order valence-electron chi connectivity index (χ2n) is 16.0. The molecule has 0 aliphatic rings. The topological polar surface area (TPSA) is 78.9 Å². The van der Waals surface area contributed by atoms with Crippen LogP contribution in [0.1, 0.15) is 245 Å². The molecule has 0 radical (unpaired) electrons. The van der Waals surface area contributed by atoms with Crippen molar-refractivity contribution < 1.29 is 28.6 Å². The van der Waals surface area contributed by atoms with Gasteiger partial charge in [-0.25, -0.2) is 0 Å². The zero-order valence-electron chi connectivity index (χ0n) is 37.2. The van der Waals surface area contributed by atoms with E-state index in [4.69, 9.17) is 14.2 Å². The van der Waals surface area contributed by atoms with Gasteiger partial charge in [-0.15, -0.1) is 0 Å². The summed E-state index contributed by atoms with van der Waals surface area (Å²) in [6, 6.07) is 0. The summed E-state index contributed by atoms with van der Waals surface area (Å²) in [7, 11) is 0. The minimum absolute atomic E-state index is 0.0758. The van der Waals surface area contributed by atoms with Gasteiger partial charge in [0.1, 0.15) is 13.2 Å². The van der Waals surface area contributed by atoms with Crippen molar-refractivity contribution in [3.8, 4) is 0 Å². The Kier molecular flexibility index (Phi) is 43.4. The molecule has 0 bridgehead atoms. The fourth-order valence-corrected chi connectivity index (χ4v) is 6.71. The van der Waals surface area contributed by atoms with Gasteiger partial charge in [-0.05, 0) is 70.6 Å². The molecule has 0 saturated heterocycles. The van der Waals surface area contributed by atoms with E-state index in [0.29, 0.717) is 19.3 Å². The fourth-order valence-electron chi connectivity index (χ4n) is 6.71. The van der Waals surface area contributed by atoms with Crippen LogP contribution in [0.3, 0.4) is 0 Å². The molecule has 0 spiro atoms. The lowest BCUT2D eigenvalue weighted by atomic mass is 10.1. The molecule has 56 heavy (non-hydrogen) atoms. The third-order valence-corrected chi connectivity index (χ3v) is 10.3. The molecule has 6 nitrogen and oxygen atoms in total. The summed E-state index contributed by atoms with van der Waals surface area (Å²) in [5, 5.41) is 0. The highest BCUT2D eigenvalue weighted by Gasteiger charge is 2.19. The van der Waals surface area contributed by atoms with Crippen LogP contribution in [0, 0.1) is 0 Å². The number of hydrogen-bond donors (Lipinski definition) is 0. The van der Waals surface area contributed by atoms with Crippen molar-refractivity contribution in [2.24, 2.45) is 0 Å². The second-order valence-corrected chi connectivity index (χ2v) is 16.0. The molecule has 1 atom stereocenters. The fraction of sp³-hybridized carbons (Fsp3) is 0.820. The lowest BCUT2D eigenvalue weighted by Gasteiger charge is -2.18. The van der Waals surface area contributed by atoms with Gasteiger partial charge in [-0.1, -0.05) is 192 Å². The van der Waals surface area contributed by atoms with Gasteiger partial charge in [0.15, 0.2) is 6.10 Å². The molecule has 0 N–H and O–H groups in total. The molecular formula is C50H90O6. The van der Waals surface area contributed by atoms with Gasteiger partial charge in [0.2, 0.25) is 0 Å². The number of unbranched alkanes of at least 4 members (excludes halogenated alkanes) is 26. The third kappa shape index (κ3) is 42.8. The molecule has 0 aromatic carbocycles. The minimum Gasteiger partial charge on any atom is -0.462 e. The van der Waals surface area contributed by atoms with Gasteiger partial charge in [0.05, 0.1) is 0 Å². The zero-order valence-corrected chi connectivity index (χ0v) is 37.2. The molecule has 326 valence electrons. The SMILES string of the molecule is CCC/C=C\CCCCCCCC(=O)OC(COC(=O)CCCCCCCCC)COC(=O)CCCCCCCCCCC/C=C\C/C=C\CCCCCCC. The van der Waals surface area contributed by atoms with Crippen LogP contribution in [0.2, 0.25) is 0 Å². The highest BCUT2D eigenvalue weighted by Crippen LogP contribution is 2.14. The molecule has 0 saturated carbocycles. The van der Waals surface area contributed by atoms with Crippen LogP contribution in [-0.2, 0) is 28.6 Å². The third-order valence-electron chi connectivity index (χ3n) is 10.3. The number of carbonyl (C=O) groups is 3. The van der Waals surface area contributed by atoms with E-state index in [0.717, 1.165) is 83.5 Å². The molecule has 0 fully saturated rings. The largest absolute Gasteiger partial charge is 0.462 e. The maximum Gasteiger partial charge on any atom is 0.306 e. The number of allylic oxidation sites excluding steroid dienone is 6. The van der Waals surface area contributed by atoms with Gasteiger partial charge in [0, 0.05) is 19.3 Å². The van der Waals surface area contributed by atoms with Crippen molar-refractivity contribution in [1.29, 1.82) is 0 Å². The molecule has 0 heterocycles. The van der Waals surface area contributed by atoms with Crippen molar-refractivity contribution in [2.45, 2.75) is 252 Å². The minimum atomic E-state index is -0.771. The number of esters is 3. The van der Waals surface area contributed by atoms with Crippen molar-refractivity contribution in [1.82, 2.24) is 0 Å². The second kappa shape index (κ2) is 45.3. The highest BCUT2D eigenvalue weighted by molar-refractivity contribution is 5.71. The Morgan fingerprint density at radius 3 is 1.07 bits per heavy atom. The summed E-state index contributed by atoms with van der Waals surface area (Å²) in [6.07, 6.45) is 51.5. The quantitative estimate of drug-likeness (QED) is 0.0265. The lowest BCUT2D eigenvalue weighted by molar-refractivity contribution is -0.167. The van der Waals surface area contributed by atoms with E-state index in [1.54, 1.807) is 0 Å². The van der Waals surface area contributed by atoms with Gasteiger partial charge in [-0.3, -0.25) is 14.4 Å². The van der Waals surface area contributed by atoms with Crippen LogP contribution in [0.4, 0.5) is 0 Å². The Bertz CT molecular complexity index is 953. The monoisotopic (exact) mass is 787 g/mol. The lowest BCUT2D eigenvalue weighted by Crippen LogP contribution is -2.30. The summed E-state index contributed by atoms with van der Waals surface area (Å²) in [4.78, 5) is 37.6. The molecular weight excluding hydrogens is 697 g/mol. The Balaban J connectivity index is 4.18. The average molecular weight is 787 g/mol. The average Bonchev–Trinajstić information content (AvgIpc) is 3.19. The molecule has 0 aliphatic carbocycles. The van der Waals surface area contributed by atoms with Crippen LogP contribution in [0.5, 0.6) is 0 Å². The number of carbonyl (C=O) groups excluding carboxylic acids is 3. The van der Waals surface area contributed by atoms with Crippen LogP contribution in [0.25, 0.3) is 0 Å². The van der Waals surface area contributed by atoms with E-state index in [9.17, 15) is 14.4 Å². The van der Waals surface area contributed by atoms with Crippen LogP contribution < -0.4 is 0 Å². The summed E-state index contributed by atoms with van der Waals surface area (Å²) >= 11 is 0. The summed E-state index contributed by atoms with van der Waals surface area (Å²) < 4.78 is 16.6. The summed E-state index contributed by atoms with van der Waals surface area (Å²) in [5.41, 5.74) is 0. The van der Waals surface area contributed by atoms with Crippen LogP contribution in [0.15, 0.2) is 36.5 Å². The van der Waals surface area contributed by atoms with E-state index in [1.165, 1.54) is 122 Å². The highest BCUT2D eigenvalue weighted by atomic mass is 16.6. The van der Waals surface area contributed by atoms with Crippen molar-refractivity contribution in [2.75, 3.05) is 13.2 Å². The molecule has 0 aliphatic heterocycles. The first-order valence-electron chi connectivity index (χ1n) is 24.0. The number of ether oxygens (including phenoxy) is 3. The zero-order chi connectivity index (χ0) is 40.8.